The molecule has 0 radical (unpaired) electrons. The maximum atomic E-state index is 5.11. The first-order valence-electron chi connectivity index (χ1n) is 4.62. The highest BCUT2D eigenvalue weighted by atomic mass is 16.5. The molecule has 0 atom stereocenters. The lowest BCUT2D eigenvalue weighted by Gasteiger charge is -2.09. The molecule has 76 valence electrons. The molecule has 0 bridgehead atoms. The maximum absolute atomic E-state index is 5.11. The zero-order valence-electron chi connectivity index (χ0n) is 8.12. The van der Waals surface area contributed by atoms with Crippen molar-refractivity contribution in [1.82, 2.24) is 15.5 Å². The van der Waals surface area contributed by atoms with Gasteiger partial charge in [-0.1, -0.05) is 11.2 Å². The summed E-state index contributed by atoms with van der Waals surface area (Å²) >= 11 is 0. The number of hydrogen-bond donors (Lipinski definition) is 1. The summed E-state index contributed by atoms with van der Waals surface area (Å²) in [5, 5.41) is 7.05. The van der Waals surface area contributed by atoms with Gasteiger partial charge in [-0.25, -0.2) is 0 Å². The third kappa shape index (κ3) is 2.00. The van der Waals surface area contributed by atoms with Gasteiger partial charge in [0.2, 0.25) is 0 Å². The van der Waals surface area contributed by atoms with Crippen molar-refractivity contribution in [1.29, 1.82) is 0 Å². The Morgan fingerprint density at radius 1 is 1.64 bits per heavy atom. The van der Waals surface area contributed by atoms with E-state index in [0.29, 0.717) is 18.3 Å². The lowest BCUT2D eigenvalue weighted by molar-refractivity contribution is 0.174. The van der Waals surface area contributed by atoms with Crippen LogP contribution in [-0.4, -0.2) is 30.3 Å². The van der Waals surface area contributed by atoms with E-state index in [1.165, 1.54) is 0 Å². The standard InChI is InChI=1S/C9H13N3O2/c1-13-6-8-11-9(14-12-8)7-3-2-4-10-5-7/h3,10H,2,4-6H2,1H3. The van der Waals surface area contributed by atoms with Gasteiger partial charge in [0.05, 0.1) is 0 Å². The average Bonchev–Trinajstić information content (AvgIpc) is 2.68. The Balaban J connectivity index is 2.11. The fourth-order valence-corrected chi connectivity index (χ4v) is 1.38. The number of nitrogens with one attached hydrogen (secondary N) is 1. The molecule has 0 fully saturated rings. The van der Waals surface area contributed by atoms with Crippen molar-refractivity contribution in [3.05, 3.63) is 17.8 Å². The van der Waals surface area contributed by atoms with Crippen molar-refractivity contribution in [3.63, 3.8) is 0 Å². The summed E-state index contributed by atoms with van der Waals surface area (Å²) in [6.07, 6.45) is 3.14. The smallest absolute Gasteiger partial charge is 0.254 e. The van der Waals surface area contributed by atoms with Gasteiger partial charge in [-0.15, -0.1) is 0 Å². The average molecular weight is 195 g/mol. The van der Waals surface area contributed by atoms with E-state index < -0.39 is 0 Å². The van der Waals surface area contributed by atoms with Gasteiger partial charge in [-0.3, -0.25) is 0 Å². The van der Waals surface area contributed by atoms with Crippen molar-refractivity contribution in [3.8, 4) is 0 Å². The highest BCUT2D eigenvalue weighted by molar-refractivity contribution is 5.60. The Hall–Kier alpha value is -1.20. The molecule has 1 aromatic heterocycles. The van der Waals surface area contributed by atoms with Crippen LogP contribution in [0.4, 0.5) is 0 Å². The van der Waals surface area contributed by atoms with E-state index in [1.807, 2.05) is 0 Å². The second-order valence-corrected chi connectivity index (χ2v) is 3.14. The van der Waals surface area contributed by atoms with Crippen molar-refractivity contribution >= 4 is 5.57 Å². The summed E-state index contributed by atoms with van der Waals surface area (Å²) in [6, 6.07) is 0. The molecule has 0 aromatic carbocycles. The number of ether oxygens (including phenoxy) is 1. The van der Waals surface area contributed by atoms with Crippen LogP contribution in [0, 0.1) is 0 Å². The Labute approximate surface area is 82.1 Å². The fourth-order valence-electron chi connectivity index (χ4n) is 1.38. The first kappa shape index (κ1) is 9.36. The van der Waals surface area contributed by atoms with E-state index in [2.05, 4.69) is 21.5 Å². The van der Waals surface area contributed by atoms with Gasteiger partial charge in [-0.2, -0.15) is 4.98 Å². The molecule has 1 aliphatic rings. The van der Waals surface area contributed by atoms with E-state index in [-0.39, 0.29) is 0 Å². The van der Waals surface area contributed by atoms with Crippen LogP contribution in [0.25, 0.3) is 5.57 Å². The van der Waals surface area contributed by atoms with Gasteiger partial charge < -0.3 is 14.6 Å². The monoisotopic (exact) mass is 195 g/mol. The third-order valence-corrected chi connectivity index (χ3v) is 2.04. The van der Waals surface area contributed by atoms with Crippen LogP contribution in [0.3, 0.4) is 0 Å². The van der Waals surface area contributed by atoms with Crippen LogP contribution >= 0.6 is 0 Å². The lowest BCUT2D eigenvalue weighted by Crippen LogP contribution is -2.21. The van der Waals surface area contributed by atoms with Gasteiger partial charge in [-0.05, 0) is 13.0 Å². The molecule has 0 amide bonds. The topological polar surface area (TPSA) is 60.2 Å². The van der Waals surface area contributed by atoms with Crippen molar-refractivity contribution < 1.29 is 9.26 Å². The number of aromatic nitrogens is 2. The Morgan fingerprint density at radius 2 is 2.57 bits per heavy atom. The Bertz CT molecular complexity index is 333. The first-order valence-corrected chi connectivity index (χ1v) is 4.62. The molecular formula is C9H13N3O2. The minimum atomic E-state index is 0.393. The van der Waals surface area contributed by atoms with E-state index >= 15 is 0 Å². The van der Waals surface area contributed by atoms with Crippen molar-refractivity contribution in [2.75, 3.05) is 20.2 Å². The summed E-state index contributed by atoms with van der Waals surface area (Å²) < 4.78 is 10.0. The third-order valence-electron chi connectivity index (χ3n) is 2.04. The maximum Gasteiger partial charge on any atom is 0.254 e. The normalized spacial score (nSPS) is 16.8. The molecule has 2 heterocycles. The van der Waals surface area contributed by atoms with Gasteiger partial charge in [0.15, 0.2) is 5.82 Å². The number of hydrogen-bond acceptors (Lipinski definition) is 5. The van der Waals surface area contributed by atoms with Crippen molar-refractivity contribution in [2.24, 2.45) is 0 Å². The largest absolute Gasteiger partial charge is 0.377 e. The summed E-state index contributed by atoms with van der Waals surface area (Å²) in [5.74, 6) is 1.19. The van der Waals surface area contributed by atoms with Crippen LogP contribution in [0.1, 0.15) is 18.1 Å². The summed E-state index contributed by atoms with van der Waals surface area (Å²) in [6.45, 7) is 2.21. The predicted octanol–water partition coefficient (Wildman–Crippen LogP) is 0.593. The molecule has 0 saturated carbocycles. The van der Waals surface area contributed by atoms with Gasteiger partial charge in [0.25, 0.3) is 5.89 Å². The molecule has 1 N–H and O–H groups in total. The van der Waals surface area contributed by atoms with E-state index in [9.17, 15) is 0 Å². The van der Waals surface area contributed by atoms with Gasteiger partial charge in [0.1, 0.15) is 6.61 Å². The van der Waals surface area contributed by atoms with Gasteiger partial charge >= 0.3 is 0 Å². The quantitative estimate of drug-likeness (QED) is 0.765. The molecular weight excluding hydrogens is 182 g/mol. The van der Waals surface area contributed by atoms with Crippen LogP contribution < -0.4 is 5.32 Å². The molecule has 0 unspecified atom stereocenters. The van der Waals surface area contributed by atoms with E-state index in [4.69, 9.17) is 9.26 Å². The summed E-state index contributed by atoms with van der Waals surface area (Å²) in [5.41, 5.74) is 1.08. The Kier molecular flexibility index (Phi) is 2.90. The predicted molar refractivity (Wildman–Crippen MR) is 50.5 cm³/mol. The van der Waals surface area contributed by atoms with E-state index in [0.717, 1.165) is 25.1 Å². The zero-order valence-corrected chi connectivity index (χ0v) is 8.12. The molecule has 0 spiro atoms. The Morgan fingerprint density at radius 3 is 3.29 bits per heavy atom. The molecule has 5 heteroatoms. The van der Waals surface area contributed by atoms with Crippen LogP contribution in [0.15, 0.2) is 10.6 Å². The number of nitrogens with zero attached hydrogens (tertiary/aromatic N) is 2. The van der Waals surface area contributed by atoms with Crippen molar-refractivity contribution in [2.45, 2.75) is 13.0 Å². The van der Waals surface area contributed by atoms with Crippen LogP contribution in [-0.2, 0) is 11.3 Å². The van der Waals surface area contributed by atoms with Crippen LogP contribution in [0.2, 0.25) is 0 Å². The molecule has 0 saturated heterocycles. The summed E-state index contributed by atoms with van der Waals surface area (Å²) in [4.78, 5) is 4.21. The minimum Gasteiger partial charge on any atom is -0.377 e. The first-order chi connectivity index (χ1) is 6.90. The highest BCUT2D eigenvalue weighted by Crippen LogP contribution is 2.14. The summed E-state index contributed by atoms with van der Waals surface area (Å²) in [7, 11) is 1.61. The molecule has 1 aromatic rings. The number of methoxy groups -OCH3 is 1. The second kappa shape index (κ2) is 4.34. The highest BCUT2D eigenvalue weighted by Gasteiger charge is 2.12. The second-order valence-electron chi connectivity index (χ2n) is 3.14. The van der Waals surface area contributed by atoms with E-state index in [1.54, 1.807) is 7.11 Å². The van der Waals surface area contributed by atoms with Gasteiger partial charge in [0, 0.05) is 19.2 Å². The van der Waals surface area contributed by atoms with Crippen LogP contribution in [0.5, 0.6) is 0 Å². The molecule has 5 nitrogen and oxygen atoms in total. The molecule has 2 rings (SSSR count). The fraction of sp³-hybridized carbons (Fsp3) is 0.556. The zero-order chi connectivity index (χ0) is 9.80. The molecule has 0 aliphatic carbocycles. The molecule has 14 heavy (non-hydrogen) atoms. The SMILES string of the molecule is COCc1noc(C2=CCCNC2)n1. The minimum absolute atomic E-state index is 0.393. The lowest BCUT2D eigenvalue weighted by atomic mass is 10.1. The molecule has 1 aliphatic heterocycles. The number of rotatable bonds is 3.